The van der Waals surface area contributed by atoms with Crippen LogP contribution in [0, 0.1) is 11.8 Å². The maximum Gasteiger partial charge on any atom is 0.417 e. The Labute approximate surface area is 245 Å². The minimum Gasteiger partial charge on any atom is -0.481 e. The predicted octanol–water partition coefficient (Wildman–Crippen LogP) is 5.46. The number of hydrogen-bond donors (Lipinski definition) is 1. The Morgan fingerprint density at radius 2 is 1.74 bits per heavy atom. The number of nitrogens with zero attached hydrogens (tertiary/aromatic N) is 2. The molecule has 0 saturated heterocycles. The van der Waals surface area contributed by atoms with Crippen LogP contribution in [0.15, 0.2) is 71.6 Å². The first kappa shape index (κ1) is 30.9. The Morgan fingerprint density at radius 1 is 1.05 bits per heavy atom. The first-order valence-corrected chi connectivity index (χ1v) is 14.4. The molecule has 0 bridgehead atoms. The molecule has 0 radical (unpaired) electrons. The highest BCUT2D eigenvalue weighted by Crippen LogP contribution is 2.38. The first-order valence-electron chi connectivity index (χ1n) is 12.5. The van der Waals surface area contributed by atoms with Crippen molar-refractivity contribution in [2.75, 3.05) is 18.1 Å². The SMILES string of the molecule is CCC#CCOc1ccc(S(=O)(=O)N2Cc3ccccc3N(C(=O)c3c(Cl)cccc3C(F)(F)F)CC2C(=O)O)cc1. The largest absolute Gasteiger partial charge is 0.481 e. The highest BCUT2D eigenvalue weighted by Gasteiger charge is 2.44. The van der Waals surface area contributed by atoms with Crippen molar-refractivity contribution in [2.24, 2.45) is 0 Å². The molecule has 0 aliphatic carbocycles. The summed E-state index contributed by atoms with van der Waals surface area (Å²) in [5.74, 6) is 3.14. The summed E-state index contributed by atoms with van der Waals surface area (Å²) in [4.78, 5) is 26.8. The summed E-state index contributed by atoms with van der Waals surface area (Å²) in [6.45, 7) is 0.711. The van der Waals surface area contributed by atoms with Crippen LogP contribution in [0.5, 0.6) is 5.75 Å². The third-order valence-corrected chi connectivity index (χ3v) is 8.60. The minimum absolute atomic E-state index is 0.0523. The van der Waals surface area contributed by atoms with Crippen molar-refractivity contribution in [3.63, 3.8) is 0 Å². The van der Waals surface area contributed by atoms with E-state index in [1.807, 2.05) is 6.92 Å². The molecular weight excluding hydrogens is 597 g/mol. The summed E-state index contributed by atoms with van der Waals surface area (Å²) >= 11 is 6.07. The van der Waals surface area contributed by atoms with Gasteiger partial charge in [-0.05, 0) is 48.0 Å². The fraction of sp³-hybridized carbons (Fsp3) is 0.241. The Bertz CT molecular complexity index is 1670. The van der Waals surface area contributed by atoms with Gasteiger partial charge < -0.3 is 14.7 Å². The second-order valence-corrected chi connectivity index (χ2v) is 11.4. The van der Waals surface area contributed by atoms with E-state index in [0.29, 0.717) is 22.5 Å². The third kappa shape index (κ3) is 6.38. The Balaban J connectivity index is 1.76. The summed E-state index contributed by atoms with van der Waals surface area (Å²) in [6.07, 6.45) is -4.30. The van der Waals surface area contributed by atoms with Crippen molar-refractivity contribution >= 4 is 39.2 Å². The number of carboxylic acids is 1. The number of aliphatic carboxylic acids is 1. The van der Waals surface area contributed by atoms with Gasteiger partial charge in [0.1, 0.15) is 18.4 Å². The molecule has 1 amide bonds. The molecule has 13 heteroatoms. The maximum atomic E-state index is 13.8. The van der Waals surface area contributed by atoms with Crippen LogP contribution in [0.25, 0.3) is 0 Å². The van der Waals surface area contributed by atoms with Crippen molar-refractivity contribution in [2.45, 2.75) is 37.0 Å². The van der Waals surface area contributed by atoms with E-state index in [2.05, 4.69) is 11.8 Å². The summed E-state index contributed by atoms with van der Waals surface area (Å²) in [7, 11) is -4.50. The average molecular weight is 621 g/mol. The highest BCUT2D eigenvalue weighted by molar-refractivity contribution is 7.89. The standard InChI is InChI=1S/C29H24ClF3N2O6S/c1-2-3-6-16-41-20-12-14-21(15-13-20)42(39,40)35-17-19-8-4-5-11-24(19)34(18-25(35)28(37)38)27(36)26-22(29(31,32)33)9-7-10-23(26)30/h4-5,7-15,25H,2,16-18H2,1H3,(H,37,38). The predicted molar refractivity (Wildman–Crippen MR) is 149 cm³/mol. The van der Waals surface area contributed by atoms with Crippen molar-refractivity contribution < 1.29 is 41.0 Å². The number of ether oxygens (including phenoxy) is 1. The third-order valence-electron chi connectivity index (χ3n) is 6.42. The molecule has 3 aromatic carbocycles. The number of carbonyl (C=O) groups is 2. The van der Waals surface area contributed by atoms with Gasteiger partial charge in [0.15, 0.2) is 0 Å². The summed E-state index contributed by atoms with van der Waals surface area (Å²) in [5.41, 5.74) is -1.92. The smallest absolute Gasteiger partial charge is 0.417 e. The molecule has 0 saturated carbocycles. The zero-order valence-electron chi connectivity index (χ0n) is 22.1. The van der Waals surface area contributed by atoms with E-state index in [0.717, 1.165) is 17.0 Å². The lowest BCUT2D eigenvalue weighted by Gasteiger charge is -2.29. The fourth-order valence-corrected chi connectivity index (χ4v) is 6.25. The van der Waals surface area contributed by atoms with Gasteiger partial charge in [-0.1, -0.05) is 48.7 Å². The van der Waals surface area contributed by atoms with Crippen molar-refractivity contribution in [3.8, 4) is 17.6 Å². The summed E-state index contributed by atoms with van der Waals surface area (Å²) < 4.78 is 75.3. The van der Waals surface area contributed by atoms with Gasteiger partial charge in [0.25, 0.3) is 5.91 Å². The lowest BCUT2D eigenvalue weighted by Crippen LogP contribution is -2.50. The fourth-order valence-electron chi connectivity index (χ4n) is 4.45. The molecule has 1 atom stereocenters. The highest BCUT2D eigenvalue weighted by atomic mass is 35.5. The van der Waals surface area contributed by atoms with E-state index >= 15 is 0 Å². The van der Waals surface area contributed by atoms with E-state index in [4.69, 9.17) is 16.3 Å². The van der Waals surface area contributed by atoms with E-state index in [-0.39, 0.29) is 22.8 Å². The molecule has 1 unspecified atom stereocenters. The van der Waals surface area contributed by atoms with Crippen LogP contribution in [-0.4, -0.2) is 48.9 Å². The summed E-state index contributed by atoms with van der Waals surface area (Å²) in [5, 5.41) is 9.64. The van der Waals surface area contributed by atoms with Crippen LogP contribution >= 0.6 is 11.6 Å². The molecule has 0 aromatic heterocycles. The van der Waals surface area contributed by atoms with Gasteiger partial charge in [-0.15, -0.1) is 5.92 Å². The first-order chi connectivity index (χ1) is 19.9. The van der Waals surface area contributed by atoms with Gasteiger partial charge in [0, 0.05) is 18.7 Å². The molecule has 4 rings (SSSR count). The topological polar surface area (TPSA) is 104 Å². The molecule has 220 valence electrons. The molecule has 0 fully saturated rings. The molecule has 8 nitrogen and oxygen atoms in total. The number of halogens is 4. The number of sulfonamides is 1. The van der Waals surface area contributed by atoms with Gasteiger partial charge in [-0.25, -0.2) is 8.42 Å². The number of alkyl halides is 3. The van der Waals surface area contributed by atoms with Crippen LogP contribution < -0.4 is 9.64 Å². The maximum absolute atomic E-state index is 13.8. The second-order valence-electron chi connectivity index (χ2n) is 9.08. The van der Waals surface area contributed by atoms with E-state index in [1.54, 1.807) is 0 Å². The normalized spacial score (nSPS) is 15.6. The molecule has 42 heavy (non-hydrogen) atoms. The Kier molecular flexibility index (Phi) is 9.15. The molecule has 1 aliphatic heterocycles. The van der Waals surface area contributed by atoms with Gasteiger partial charge in [-0.3, -0.25) is 9.59 Å². The number of fused-ring (bicyclic) bond motifs is 1. The Morgan fingerprint density at radius 3 is 2.38 bits per heavy atom. The van der Waals surface area contributed by atoms with E-state index < -0.39 is 63.4 Å². The number of amides is 1. The number of anilines is 1. The number of para-hydroxylation sites is 1. The lowest BCUT2D eigenvalue weighted by molar-refractivity contribution is -0.141. The van der Waals surface area contributed by atoms with Crippen LogP contribution in [-0.2, 0) is 27.5 Å². The van der Waals surface area contributed by atoms with Crippen molar-refractivity contribution in [1.29, 1.82) is 0 Å². The molecule has 1 N–H and O–H groups in total. The number of carboxylic acid groups (broad SMARTS) is 1. The minimum atomic E-state index is -4.94. The lowest BCUT2D eigenvalue weighted by atomic mass is 10.0. The molecule has 1 heterocycles. The second kappa shape index (κ2) is 12.4. The van der Waals surface area contributed by atoms with Crippen LogP contribution in [0.3, 0.4) is 0 Å². The molecule has 1 aliphatic rings. The molecule has 0 spiro atoms. The number of benzene rings is 3. The van der Waals surface area contributed by atoms with Gasteiger partial charge in [0.05, 0.1) is 27.6 Å². The number of rotatable bonds is 6. The van der Waals surface area contributed by atoms with E-state index in [9.17, 15) is 36.3 Å². The molecular formula is C29H24ClF3N2O6S. The monoisotopic (exact) mass is 620 g/mol. The Hall–Kier alpha value is -4.05. The van der Waals surface area contributed by atoms with Gasteiger partial charge in [-0.2, -0.15) is 17.5 Å². The zero-order chi connectivity index (χ0) is 30.7. The number of carbonyl (C=O) groups excluding carboxylic acids is 1. The quantitative estimate of drug-likeness (QED) is 0.367. The number of hydrogen-bond acceptors (Lipinski definition) is 5. The van der Waals surface area contributed by atoms with Crippen LogP contribution in [0.1, 0.15) is 34.8 Å². The van der Waals surface area contributed by atoms with Gasteiger partial charge in [0.2, 0.25) is 10.0 Å². The van der Waals surface area contributed by atoms with Gasteiger partial charge >= 0.3 is 12.1 Å². The van der Waals surface area contributed by atoms with Crippen LogP contribution in [0.2, 0.25) is 5.02 Å². The molecule has 3 aromatic rings. The zero-order valence-corrected chi connectivity index (χ0v) is 23.6. The van der Waals surface area contributed by atoms with Crippen molar-refractivity contribution in [3.05, 3.63) is 88.4 Å². The average Bonchev–Trinajstić information content (AvgIpc) is 3.13. The van der Waals surface area contributed by atoms with E-state index in [1.165, 1.54) is 48.5 Å². The van der Waals surface area contributed by atoms with Crippen LogP contribution in [0.4, 0.5) is 18.9 Å². The van der Waals surface area contributed by atoms with Crippen molar-refractivity contribution in [1.82, 2.24) is 4.31 Å². The summed E-state index contributed by atoms with van der Waals surface area (Å²) in [6, 6.07) is 12.2.